The molecule has 0 aliphatic rings. The predicted octanol–water partition coefficient (Wildman–Crippen LogP) is 5.33. The van der Waals surface area contributed by atoms with Crippen LogP contribution in [0, 0.1) is 0 Å². The zero-order chi connectivity index (χ0) is 12.3. The lowest BCUT2D eigenvalue weighted by atomic mass is 10.2. The van der Waals surface area contributed by atoms with Crippen molar-refractivity contribution in [1.29, 1.82) is 0 Å². The second-order valence-electron chi connectivity index (χ2n) is 3.57. The normalized spacial score (nSPS) is 10.8. The van der Waals surface area contributed by atoms with E-state index in [1.54, 1.807) is 11.3 Å². The van der Waals surface area contributed by atoms with Crippen LogP contribution in [0.25, 0.3) is 0 Å². The molecule has 1 aromatic heterocycles. The summed E-state index contributed by atoms with van der Waals surface area (Å²) in [5, 5.41) is 3.43. The second-order valence-corrected chi connectivity index (χ2v) is 7.79. The van der Waals surface area contributed by atoms with Gasteiger partial charge in [-0.2, -0.15) is 0 Å². The number of halogens is 3. The van der Waals surface area contributed by atoms with Crippen molar-refractivity contribution in [2.24, 2.45) is 0 Å². The van der Waals surface area contributed by atoms with Gasteiger partial charge in [-0.3, -0.25) is 0 Å². The number of benzene rings is 1. The Hall–Kier alpha value is 0.320. The van der Waals surface area contributed by atoms with Gasteiger partial charge in [0.15, 0.2) is 0 Å². The van der Waals surface area contributed by atoms with Crippen molar-refractivity contribution in [3.8, 4) is 0 Å². The van der Waals surface area contributed by atoms with Crippen LogP contribution >= 0.6 is 59.1 Å². The van der Waals surface area contributed by atoms with E-state index in [9.17, 15) is 0 Å². The minimum Gasteiger partial charge on any atom is -0.308 e. The molecule has 0 spiro atoms. The van der Waals surface area contributed by atoms with E-state index >= 15 is 0 Å². The molecule has 0 aliphatic heterocycles. The van der Waals surface area contributed by atoms with E-state index in [0.717, 1.165) is 25.8 Å². The summed E-state index contributed by atoms with van der Waals surface area (Å²) in [5.74, 6) is 0. The lowest BCUT2D eigenvalue weighted by Gasteiger charge is -2.03. The lowest BCUT2D eigenvalue weighted by molar-refractivity contribution is 0.700. The zero-order valence-electron chi connectivity index (χ0n) is 8.84. The first kappa shape index (κ1) is 13.7. The summed E-state index contributed by atoms with van der Waals surface area (Å²) in [6, 6.07) is 10.5. The Labute approximate surface area is 130 Å². The van der Waals surface area contributed by atoms with E-state index in [4.69, 9.17) is 0 Å². The van der Waals surface area contributed by atoms with E-state index < -0.39 is 0 Å². The van der Waals surface area contributed by atoms with Gasteiger partial charge in [-0.25, -0.2) is 0 Å². The van der Waals surface area contributed by atoms with E-state index in [2.05, 4.69) is 77.4 Å². The Bertz CT molecular complexity index is 491. The molecule has 0 saturated heterocycles. The Kier molecular flexibility index (Phi) is 5.24. The van der Waals surface area contributed by atoms with Gasteiger partial charge >= 0.3 is 0 Å². The first-order valence-electron chi connectivity index (χ1n) is 5.04. The standard InChI is InChI=1S/C12H10Br3NS/c13-9-3-1-2-8(4-9)6-16-7-10-5-11(14)12(15)17-10/h1-5,16H,6-7H2. The molecule has 1 heterocycles. The largest absolute Gasteiger partial charge is 0.308 e. The van der Waals surface area contributed by atoms with Crippen LogP contribution in [-0.2, 0) is 13.1 Å². The van der Waals surface area contributed by atoms with Crippen molar-refractivity contribution < 1.29 is 0 Å². The molecule has 0 fully saturated rings. The van der Waals surface area contributed by atoms with Crippen LogP contribution in [0.5, 0.6) is 0 Å². The van der Waals surface area contributed by atoms with Crippen molar-refractivity contribution >= 4 is 59.1 Å². The highest BCUT2D eigenvalue weighted by atomic mass is 79.9. The summed E-state index contributed by atoms with van der Waals surface area (Å²) in [5.41, 5.74) is 1.29. The molecule has 1 nitrogen and oxygen atoms in total. The minimum atomic E-state index is 0.882. The van der Waals surface area contributed by atoms with Crippen molar-refractivity contribution in [3.05, 3.63) is 53.5 Å². The molecule has 0 bridgehead atoms. The van der Waals surface area contributed by atoms with E-state index in [1.807, 2.05) is 6.07 Å². The fourth-order valence-electron chi connectivity index (χ4n) is 1.46. The molecule has 5 heteroatoms. The maximum absolute atomic E-state index is 3.50. The first-order chi connectivity index (χ1) is 8.15. The number of hydrogen-bond donors (Lipinski definition) is 1. The van der Waals surface area contributed by atoms with Crippen LogP contribution in [0.2, 0.25) is 0 Å². The molecular formula is C12H10Br3NS. The van der Waals surface area contributed by atoms with Gasteiger partial charge in [-0.15, -0.1) is 11.3 Å². The van der Waals surface area contributed by atoms with Crippen LogP contribution in [0.15, 0.2) is 43.1 Å². The molecule has 1 N–H and O–H groups in total. The molecule has 1 aromatic carbocycles. The Morgan fingerprint density at radius 3 is 2.53 bits per heavy atom. The average Bonchev–Trinajstić information content (AvgIpc) is 2.58. The van der Waals surface area contributed by atoms with Crippen molar-refractivity contribution in [3.63, 3.8) is 0 Å². The number of thiophene rings is 1. The van der Waals surface area contributed by atoms with Gasteiger partial charge in [0, 0.05) is 26.9 Å². The lowest BCUT2D eigenvalue weighted by Crippen LogP contribution is -2.11. The Morgan fingerprint density at radius 1 is 1.06 bits per heavy atom. The summed E-state index contributed by atoms with van der Waals surface area (Å²) in [4.78, 5) is 1.32. The molecule has 2 aromatic rings. The fraction of sp³-hybridized carbons (Fsp3) is 0.167. The van der Waals surface area contributed by atoms with Crippen LogP contribution in [-0.4, -0.2) is 0 Å². The summed E-state index contributed by atoms with van der Waals surface area (Å²) in [6.45, 7) is 1.77. The van der Waals surface area contributed by atoms with Crippen LogP contribution < -0.4 is 5.32 Å². The van der Waals surface area contributed by atoms with E-state index in [-0.39, 0.29) is 0 Å². The smallest absolute Gasteiger partial charge is 0.0843 e. The Morgan fingerprint density at radius 2 is 1.88 bits per heavy atom. The quantitative estimate of drug-likeness (QED) is 0.679. The third-order valence-corrected chi connectivity index (χ3v) is 5.96. The van der Waals surface area contributed by atoms with Gasteiger partial charge in [-0.05, 0) is 55.6 Å². The minimum absolute atomic E-state index is 0.882. The molecule has 0 amide bonds. The SMILES string of the molecule is Brc1cccc(CNCc2cc(Br)c(Br)s2)c1. The fourth-order valence-corrected chi connectivity index (χ4v) is 4.05. The van der Waals surface area contributed by atoms with Crippen LogP contribution in [0.4, 0.5) is 0 Å². The van der Waals surface area contributed by atoms with E-state index in [1.165, 1.54) is 10.4 Å². The monoisotopic (exact) mass is 437 g/mol. The highest BCUT2D eigenvalue weighted by molar-refractivity contribution is 9.13. The molecule has 0 aliphatic carbocycles. The number of hydrogen-bond acceptors (Lipinski definition) is 2. The van der Waals surface area contributed by atoms with Gasteiger partial charge in [-0.1, -0.05) is 28.1 Å². The maximum atomic E-state index is 3.50. The molecular weight excluding hydrogens is 430 g/mol. The Balaban J connectivity index is 1.87. The topological polar surface area (TPSA) is 12.0 Å². The molecule has 0 atom stereocenters. The highest BCUT2D eigenvalue weighted by Crippen LogP contribution is 2.32. The summed E-state index contributed by atoms with van der Waals surface area (Å²) < 4.78 is 3.40. The van der Waals surface area contributed by atoms with Crippen molar-refractivity contribution in [2.45, 2.75) is 13.1 Å². The summed E-state index contributed by atoms with van der Waals surface area (Å²) in [7, 11) is 0. The van der Waals surface area contributed by atoms with Gasteiger partial charge in [0.1, 0.15) is 0 Å². The van der Waals surface area contributed by atoms with Crippen molar-refractivity contribution in [1.82, 2.24) is 5.32 Å². The summed E-state index contributed by atoms with van der Waals surface area (Å²) in [6.07, 6.45) is 0. The summed E-state index contributed by atoms with van der Waals surface area (Å²) >= 11 is 12.2. The molecule has 17 heavy (non-hydrogen) atoms. The van der Waals surface area contributed by atoms with E-state index in [0.29, 0.717) is 0 Å². The third kappa shape index (κ3) is 4.17. The molecule has 90 valence electrons. The van der Waals surface area contributed by atoms with Crippen molar-refractivity contribution in [2.75, 3.05) is 0 Å². The molecule has 0 radical (unpaired) electrons. The molecule has 2 rings (SSSR count). The van der Waals surface area contributed by atoms with Gasteiger partial charge in [0.2, 0.25) is 0 Å². The molecule has 0 saturated carbocycles. The predicted molar refractivity (Wildman–Crippen MR) is 84.4 cm³/mol. The van der Waals surface area contributed by atoms with Gasteiger partial charge < -0.3 is 5.32 Å². The van der Waals surface area contributed by atoms with Crippen LogP contribution in [0.3, 0.4) is 0 Å². The van der Waals surface area contributed by atoms with Crippen LogP contribution in [0.1, 0.15) is 10.4 Å². The average molecular weight is 440 g/mol. The third-order valence-electron chi connectivity index (χ3n) is 2.21. The highest BCUT2D eigenvalue weighted by Gasteiger charge is 2.03. The van der Waals surface area contributed by atoms with Gasteiger partial charge in [0.25, 0.3) is 0 Å². The second kappa shape index (κ2) is 6.48. The maximum Gasteiger partial charge on any atom is 0.0843 e. The number of nitrogens with one attached hydrogen (secondary N) is 1. The zero-order valence-corrected chi connectivity index (χ0v) is 14.4. The first-order valence-corrected chi connectivity index (χ1v) is 8.23. The number of rotatable bonds is 4. The van der Waals surface area contributed by atoms with Gasteiger partial charge in [0.05, 0.1) is 3.79 Å². The molecule has 0 unspecified atom stereocenters.